The summed E-state index contributed by atoms with van der Waals surface area (Å²) in [6.45, 7) is 0.268. The van der Waals surface area contributed by atoms with E-state index in [9.17, 15) is 9.18 Å². The molecule has 146 valence electrons. The summed E-state index contributed by atoms with van der Waals surface area (Å²) in [5.74, 6) is -0.0947. The molecule has 0 radical (unpaired) electrons. The Morgan fingerprint density at radius 3 is 2.71 bits per heavy atom. The summed E-state index contributed by atoms with van der Waals surface area (Å²) in [6, 6.07) is 14.7. The molecule has 0 saturated carbocycles. The lowest BCUT2D eigenvalue weighted by Gasteiger charge is -2.44. The van der Waals surface area contributed by atoms with Gasteiger partial charge < -0.3 is 9.47 Å². The Balaban J connectivity index is 1.54. The molecule has 2 bridgehead atoms. The molecular formula is C23H24FNO3. The Morgan fingerprint density at radius 1 is 1.14 bits per heavy atom. The van der Waals surface area contributed by atoms with Crippen molar-refractivity contribution in [1.82, 2.24) is 4.90 Å². The molecule has 1 saturated heterocycles. The van der Waals surface area contributed by atoms with Crippen LogP contribution in [0.15, 0.2) is 54.6 Å². The van der Waals surface area contributed by atoms with Gasteiger partial charge in [-0.2, -0.15) is 0 Å². The maximum atomic E-state index is 14.1. The lowest BCUT2D eigenvalue weighted by molar-refractivity contribution is 0.0510. The molecule has 2 atom stereocenters. The second-order valence-electron chi connectivity index (χ2n) is 7.32. The molecule has 1 amide bonds. The third-order valence-corrected chi connectivity index (χ3v) is 5.57. The molecule has 2 aliphatic rings. The fourth-order valence-electron chi connectivity index (χ4n) is 4.28. The van der Waals surface area contributed by atoms with E-state index in [1.54, 1.807) is 6.07 Å². The van der Waals surface area contributed by atoms with Crippen molar-refractivity contribution in [1.29, 1.82) is 0 Å². The van der Waals surface area contributed by atoms with Crippen LogP contribution < -0.4 is 4.74 Å². The van der Waals surface area contributed by atoms with Gasteiger partial charge >= 0.3 is 6.09 Å². The van der Waals surface area contributed by atoms with E-state index in [0.29, 0.717) is 6.42 Å². The maximum Gasteiger partial charge on any atom is 0.410 e. The fraction of sp³-hybridized carbons (Fsp3) is 0.348. The predicted molar refractivity (Wildman–Crippen MR) is 105 cm³/mol. The molecule has 0 aliphatic carbocycles. The third-order valence-electron chi connectivity index (χ3n) is 5.57. The first-order chi connectivity index (χ1) is 13.7. The minimum atomic E-state index is -0.365. The van der Waals surface area contributed by atoms with Gasteiger partial charge in [0.15, 0.2) is 11.6 Å². The molecule has 2 aliphatic heterocycles. The quantitative estimate of drug-likeness (QED) is 0.732. The summed E-state index contributed by atoms with van der Waals surface area (Å²) in [5.41, 5.74) is 2.79. The van der Waals surface area contributed by atoms with Crippen molar-refractivity contribution in [2.24, 2.45) is 0 Å². The summed E-state index contributed by atoms with van der Waals surface area (Å²) < 4.78 is 25.0. The second-order valence-corrected chi connectivity index (χ2v) is 7.32. The highest BCUT2D eigenvalue weighted by Crippen LogP contribution is 2.40. The zero-order chi connectivity index (χ0) is 19.5. The van der Waals surface area contributed by atoms with Gasteiger partial charge in [-0.05, 0) is 42.9 Å². The van der Waals surface area contributed by atoms with Crippen LogP contribution in [0, 0.1) is 5.82 Å². The van der Waals surface area contributed by atoms with Crippen LogP contribution >= 0.6 is 0 Å². The third kappa shape index (κ3) is 3.61. The molecule has 5 heteroatoms. The number of hydrogen-bond acceptors (Lipinski definition) is 3. The molecule has 2 heterocycles. The van der Waals surface area contributed by atoms with E-state index in [0.717, 1.165) is 36.0 Å². The number of ether oxygens (including phenoxy) is 2. The van der Waals surface area contributed by atoms with Gasteiger partial charge in [0.1, 0.15) is 6.61 Å². The number of carbonyl (C=O) groups excluding carboxylic acids is 1. The fourth-order valence-corrected chi connectivity index (χ4v) is 4.28. The zero-order valence-electron chi connectivity index (χ0n) is 15.9. The summed E-state index contributed by atoms with van der Waals surface area (Å²) in [6.07, 6.45) is 5.36. The van der Waals surface area contributed by atoms with E-state index in [4.69, 9.17) is 9.47 Å². The van der Waals surface area contributed by atoms with Gasteiger partial charge in [0, 0.05) is 11.6 Å². The van der Waals surface area contributed by atoms with Gasteiger partial charge in [0.25, 0.3) is 0 Å². The number of halogens is 1. The standard InChI is InChI=1S/C23H24FNO3/c1-27-22-20(11-6-12-21(22)24)17-13-18-9-5-10-19(14-17)25(18)23(26)28-15-16-7-3-2-4-8-16/h2-4,6-8,11-13,18-19H,5,9-10,14-15H2,1H3. The van der Waals surface area contributed by atoms with E-state index < -0.39 is 0 Å². The van der Waals surface area contributed by atoms with E-state index in [1.165, 1.54) is 13.2 Å². The molecule has 4 rings (SSSR count). The Hall–Kier alpha value is -2.82. The number of piperidine rings is 1. The number of fused-ring (bicyclic) bond motifs is 2. The van der Waals surface area contributed by atoms with Crippen molar-refractivity contribution in [3.63, 3.8) is 0 Å². The average Bonchev–Trinajstić information content (AvgIpc) is 2.71. The summed E-state index contributed by atoms with van der Waals surface area (Å²) >= 11 is 0. The van der Waals surface area contributed by atoms with Crippen molar-refractivity contribution in [2.45, 2.75) is 44.4 Å². The van der Waals surface area contributed by atoms with Crippen molar-refractivity contribution in [3.8, 4) is 5.75 Å². The Labute approximate surface area is 164 Å². The first-order valence-electron chi connectivity index (χ1n) is 9.70. The van der Waals surface area contributed by atoms with Crippen LogP contribution in [0.5, 0.6) is 5.75 Å². The van der Waals surface area contributed by atoms with Gasteiger partial charge in [0.05, 0.1) is 13.2 Å². The number of hydrogen-bond donors (Lipinski definition) is 0. The molecule has 0 aromatic heterocycles. The van der Waals surface area contributed by atoms with Gasteiger partial charge in [0.2, 0.25) is 0 Å². The molecule has 0 N–H and O–H groups in total. The van der Waals surface area contributed by atoms with Crippen molar-refractivity contribution < 1.29 is 18.7 Å². The molecule has 2 aromatic carbocycles. The van der Waals surface area contributed by atoms with E-state index in [2.05, 4.69) is 6.08 Å². The van der Waals surface area contributed by atoms with Crippen LogP contribution in [-0.4, -0.2) is 30.2 Å². The lowest BCUT2D eigenvalue weighted by atomic mass is 9.83. The SMILES string of the molecule is COc1c(F)cccc1C1=CC2CCCC(C1)N2C(=O)OCc1ccccc1. The number of nitrogens with zero attached hydrogens (tertiary/aromatic N) is 1. The van der Waals surface area contributed by atoms with Crippen molar-refractivity contribution in [2.75, 3.05) is 7.11 Å². The average molecular weight is 381 g/mol. The second kappa shape index (κ2) is 8.05. The van der Waals surface area contributed by atoms with Gasteiger partial charge in [-0.25, -0.2) is 9.18 Å². The topological polar surface area (TPSA) is 38.8 Å². The molecular weight excluding hydrogens is 357 g/mol. The highest BCUT2D eigenvalue weighted by Gasteiger charge is 2.38. The van der Waals surface area contributed by atoms with E-state index in [-0.39, 0.29) is 36.4 Å². The van der Waals surface area contributed by atoms with Gasteiger partial charge in [-0.3, -0.25) is 4.90 Å². The Bertz CT molecular complexity index is 881. The summed E-state index contributed by atoms with van der Waals surface area (Å²) in [7, 11) is 1.49. The molecule has 2 unspecified atom stereocenters. The largest absolute Gasteiger partial charge is 0.493 e. The van der Waals surface area contributed by atoms with Gasteiger partial charge in [-0.15, -0.1) is 0 Å². The van der Waals surface area contributed by atoms with Crippen LogP contribution in [-0.2, 0) is 11.3 Å². The number of amides is 1. The number of para-hydroxylation sites is 1. The normalized spacial score (nSPS) is 21.1. The zero-order valence-corrected chi connectivity index (χ0v) is 15.9. The molecule has 0 spiro atoms. The van der Waals surface area contributed by atoms with Crippen LogP contribution in [0.2, 0.25) is 0 Å². The molecule has 4 nitrogen and oxygen atoms in total. The monoisotopic (exact) mass is 381 g/mol. The number of rotatable bonds is 4. The lowest BCUT2D eigenvalue weighted by Crippen LogP contribution is -2.51. The molecule has 2 aromatic rings. The van der Waals surface area contributed by atoms with Crippen LogP contribution in [0.4, 0.5) is 9.18 Å². The highest BCUT2D eigenvalue weighted by molar-refractivity contribution is 5.76. The Morgan fingerprint density at radius 2 is 1.96 bits per heavy atom. The first kappa shape index (κ1) is 18.5. The molecule has 1 fully saturated rings. The predicted octanol–water partition coefficient (Wildman–Crippen LogP) is 5.18. The summed E-state index contributed by atoms with van der Waals surface area (Å²) in [5, 5.41) is 0. The number of carbonyl (C=O) groups is 1. The van der Waals surface area contributed by atoms with Crippen molar-refractivity contribution in [3.05, 3.63) is 71.6 Å². The minimum Gasteiger partial charge on any atom is -0.493 e. The van der Waals surface area contributed by atoms with Gasteiger partial charge in [-0.1, -0.05) is 48.5 Å². The van der Waals surface area contributed by atoms with Crippen molar-refractivity contribution >= 4 is 11.7 Å². The maximum absolute atomic E-state index is 14.1. The molecule has 28 heavy (non-hydrogen) atoms. The van der Waals surface area contributed by atoms with Crippen LogP contribution in [0.1, 0.15) is 36.8 Å². The van der Waals surface area contributed by atoms with Crippen LogP contribution in [0.3, 0.4) is 0 Å². The first-order valence-corrected chi connectivity index (χ1v) is 9.70. The number of methoxy groups -OCH3 is 1. The number of benzene rings is 2. The minimum absolute atomic E-state index is 0.0289. The smallest absolute Gasteiger partial charge is 0.410 e. The highest BCUT2D eigenvalue weighted by atomic mass is 19.1. The Kier molecular flexibility index (Phi) is 5.33. The summed E-state index contributed by atoms with van der Waals surface area (Å²) in [4.78, 5) is 14.7. The van der Waals surface area contributed by atoms with Crippen LogP contribution in [0.25, 0.3) is 5.57 Å². The van der Waals surface area contributed by atoms with E-state index in [1.807, 2.05) is 41.3 Å². The van der Waals surface area contributed by atoms with E-state index >= 15 is 0 Å².